The third-order valence-corrected chi connectivity index (χ3v) is 4.82. The van der Waals surface area contributed by atoms with E-state index in [-0.39, 0.29) is 11.9 Å². The Balaban J connectivity index is 2.27. The predicted molar refractivity (Wildman–Crippen MR) is 87.9 cm³/mol. The minimum absolute atomic E-state index is 0.0765. The molecular formula is C16H23BrN2O2. The van der Waals surface area contributed by atoms with E-state index in [2.05, 4.69) is 35.1 Å². The zero-order valence-electron chi connectivity index (χ0n) is 12.9. The largest absolute Gasteiger partial charge is 0.497 e. The zero-order valence-corrected chi connectivity index (χ0v) is 14.4. The third-order valence-electron chi connectivity index (χ3n) is 4.13. The van der Waals surface area contributed by atoms with Crippen molar-refractivity contribution in [1.82, 2.24) is 10.2 Å². The number of hydrogen-bond acceptors (Lipinski definition) is 3. The van der Waals surface area contributed by atoms with Gasteiger partial charge in [-0.25, -0.2) is 0 Å². The normalized spacial score (nSPS) is 22.2. The maximum absolute atomic E-state index is 12.9. The van der Waals surface area contributed by atoms with Crippen LogP contribution in [0, 0.1) is 0 Å². The van der Waals surface area contributed by atoms with Crippen LogP contribution in [0.1, 0.15) is 37.0 Å². The van der Waals surface area contributed by atoms with Crippen molar-refractivity contribution in [2.75, 3.05) is 20.2 Å². The average Bonchev–Trinajstić information content (AvgIpc) is 2.54. The van der Waals surface area contributed by atoms with Crippen LogP contribution >= 0.6 is 15.9 Å². The van der Waals surface area contributed by atoms with Gasteiger partial charge in [-0.05, 0) is 47.0 Å². The number of nitrogens with one attached hydrogen (secondary N) is 1. The van der Waals surface area contributed by atoms with Crippen LogP contribution in [-0.2, 0) is 0 Å². The molecule has 0 aromatic heterocycles. The van der Waals surface area contributed by atoms with Crippen molar-refractivity contribution < 1.29 is 9.53 Å². The minimum Gasteiger partial charge on any atom is -0.497 e. The minimum atomic E-state index is 0.0765. The van der Waals surface area contributed by atoms with Crippen molar-refractivity contribution in [3.05, 3.63) is 28.2 Å². The van der Waals surface area contributed by atoms with Crippen LogP contribution < -0.4 is 10.1 Å². The topological polar surface area (TPSA) is 41.6 Å². The number of amides is 1. The second kappa shape index (κ2) is 7.27. The smallest absolute Gasteiger partial charge is 0.255 e. The first kappa shape index (κ1) is 16.3. The van der Waals surface area contributed by atoms with E-state index in [4.69, 9.17) is 4.74 Å². The van der Waals surface area contributed by atoms with Crippen molar-refractivity contribution in [3.8, 4) is 5.75 Å². The van der Waals surface area contributed by atoms with E-state index in [1.165, 1.54) is 0 Å². The van der Waals surface area contributed by atoms with E-state index in [0.29, 0.717) is 17.4 Å². The maximum Gasteiger partial charge on any atom is 0.255 e. The lowest BCUT2D eigenvalue weighted by Gasteiger charge is -2.40. The highest BCUT2D eigenvalue weighted by atomic mass is 79.9. The fraction of sp³-hybridized carbons (Fsp3) is 0.562. The van der Waals surface area contributed by atoms with Crippen LogP contribution in [0.2, 0.25) is 0 Å². The van der Waals surface area contributed by atoms with Crippen LogP contribution in [0.5, 0.6) is 5.75 Å². The molecule has 5 heteroatoms. The van der Waals surface area contributed by atoms with Crippen molar-refractivity contribution >= 4 is 21.8 Å². The Labute approximate surface area is 135 Å². The third kappa shape index (κ3) is 3.58. The summed E-state index contributed by atoms with van der Waals surface area (Å²) in [7, 11) is 1.62. The second-order valence-corrected chi connectivity index (χ2v) is 6.23. The van der Waals surface area contributed by atoms with Gasteiger partial charge in [-0.2, -0.15) is 0 Å². The monoisotopic (exact) mass is 354 g/mol. The Hall–Kier alpha value is -1.07. The molecule has 1 fully saturated rings. The molecule has 1 aliphatic rings. The lowest BCUT2D eigenvalue weighted by molar-refractivity contribution is 0.0574. The molecule has 4 nitrogen and oxygen atoms in total. The standard InChI is InChI=1S/C16H23BrN2O2/c1-4-11-10-19(12(5-2)9-18-11)16(20)14-8-13(21-3)6-7-15(14)17/h6-8,11-12,18H,4-5,9-10H2,1-3H3. The highest BCUT2D eigenvalue weighted by Gasteiger charge is 2.31. The zero-order chi connectivity index (χ0) is 15.4. The number of nitrogens with zero attached hydrogens (tertiary/aromatic N) is 1. The highest BCUT2D eigenvalue weighted by Crippen LogP contribution is 2.25. The number of benzene rings is 1. The molecule has 2 rings (SSSR count). The lowest BCUT2D eigenvalue weighted by atomic mass is 10.0. The summed E-state index contributed by atoms with van der Waals surface area (Å²) in [6.07, 6.45) is 1.98. The van der Waals surface area contributed by atoms with Gasteiger partial charge in [-0.1, -0.05) is 13.8 Å². The van der Waals surface area contributed by atoms with E-state index < -0.39 is 0 Å². The number of piperazine rings is 1. The number of halogens is 1. The number of carbonyl (C=O) groups is 1. The van der Waals surface area contributed by atoms with Gasteiger partial charge in [0.1, 0.15) is 5.75 Å². The first-order valence-corrected chi connectivity index (χ1v) is 8.27. The van der Waals surface area contributed by atoms with Gasteiger partial charge in [0.05, 0.1) is 12.7 Å². The van der Waals surface area contributed by atoms with Crippen LogP contribution in [0.3, 0.4) is 0 Å². The quantitative estimate of drug-likeness (QED) is 0.903. The Morgan fingerprint density at radius 1 is 1.43 bits per heavy atom. The number of hydrogen-bond donors (Lipinski definition) is 1. The summed E-state index contributed by atoms with van der Waals surface area (Å²) in [5.41, 5.74) is 0.671. The molecule has 116 valence electrons. The molecule has 2 unspecified atom stereocenters. The Morgan fingerprint density at radius 2 is 2.19 bits per heavy atom. The van der Waals surface area contributed by atoms with Crippen molar-refractivity contribution in [2.24, 2.45) is 0 Å². The molecule has 21 heavy (non-hydrogen) atoms. The average molecular weight is 355 g/mol. The fourth-order valence-corrected chi connectivity index (χ4v) is 3.12. The fourth-order valence-electron chi connectivity index (χ4n) is 2.70. The van der Waals surface area contributed by atoms with Gasteiger partial charge in [0.25, 0.3) is 5.91 Å². The van der Waals surface area contributed by atoms with E-state index in [0.717, 1.165) is 30.4 Å². The molecule has 0 spiro atoms. The van der Waals surface area contributed by atoms with Gasteiger partial charge in [0, 0.05) is 29.6 Å². The molecule has 1 N–H and O–H groups in total. The molecule has 1 aliphatic heterocycles. The van der Waals surface area contributed by atoms with E-state index in [9.17, 15) is 4.79 Å². The molecule has 1 aromatic rings. The summed E-state index contributed by atoms with van der Waals surface area (Å²) in [6.45, 7) is 5.90. The molecule has 0 saturated carbocycles. The Bertz CT molecular complexity index is 507. The van der Waals surface area contributed by atoms with Gasteiger partial charge in [0.15, 0.2) is 0 Å². The lowest BCUT2D eigenvalue weighted by Crippen LogP contribution is -2.57. The Kier molecular flexibility index (Phi) is 5.65. The molecule has 1 amide bonds. The summed E-state index contributed by atoms with van der Waals surface area (Å²) in [5.74, 6) is 0.782. The SMILES string of the molecule is CCC1CN(C(=O)c2cc(OC)ccc2Br)C(CC)CN1. The number of rotatable bonds is 4. The van der Waals surface area contributed by atoms with Gasteiger partial charge in [-0.15, -0.1) is 0 Å². The van der Waals surface area contributed by atoms with Crippen molar-refractivity contribution in [3.63, 3.8) is 0 Å². The van der Waals surface area contributed by atoms with Crippen LogP contribution in [0.15, 0.2) is 22.7 Å². The summed E-state index contributed by atoms with van der Waals surface area (Å²) >= 11 is 3.48. The molecule has 1 aromatic carbocycles. The molecule has 1 heterocycles. The van der Waals surface area contributed by atoms with Gasteiger partial charge in [0.2, 0.25) is 0 Å². The molecule has 1 saturated heterocycles. The summed E-state index contributed by atoms with van der Waals surface area (Å²) in [5, 5.41) is 3.51. The first-order valence-electron chi connectivity index (χ1n) is 7.48. The first-order chi connectivity index (χ1) is 10.1. The summed E-state index contributed by atoms with van der Waals surface area (Å²) in [6, 6.07) is 6.15. The Morgan fingerprint density at radius 3 is 2.81 bits per heavy atom. The summed E-state index contributed by atoms with van der Waals surface area (Å²) in [4.78, 5) is 14.9. The van der Waals surface area contributed by atoms with Gasteiger partial charge in [-0.3, -0.25) is 4.79 Å². The van der Waals surface area contributed by atoms with Crippen molar-refractivity contribution in [1.29, 1.82) is 0 Å². The number of ether oxygens (including phenoxy) is 1. The molecule has 0 aliphatic carbocycles. The second-order valence-electron chi connectivity index (χ2n) is 5.38. The molecule has 0 radical (unpaired) electrons. The van der Waals surface area contributed by atoms with Crippen molar-refractivity contribution in [2.45, 2.75) is 38.8 Å². The van der Waals surface area contributed by atoms with Crippen LogP contribution in [-0.4, -0.2) is 43.1 Å². The highest BCUT2D eigenvalue weighted by molar-refractivity contribution is 9.10. The van der Waals surface area contributed by atoms with Gasteiger partial charge >= 0.3 is 0 Å². The van der Waals surface area contributed by atoms with E-state index in [1.54, 1.807) is 7.11 Å². The van der Waals surface area contributed by atoms with E-state index in [1.807, 2.05) is 23.1 Å². The summed E-state index contributed by atoms with van der Waals surface area (Å²) < 4.78 is 6.05. The van der Waals surface area contributed by atoms with Gasteiger partial charge < -0.3 is 15.0 Å². The maximum atomic E-state index is 12.9. The van der Waals surface area contributed by atoms with Crippen LogP contribution in [0.25, 0.3) is 0 Å². The number of carbonyl (C=O) groups excluding carboxylic acids is 1. The molecule has 2 atom stereocenters. The van der Waals surface area contributed by atoms with E-state index >= 15 is 0 Å². The predicted octanol–water partition coefficient (Wildman–Crippen LogP) is 3.06. The van der Waals surface area contributed by atoms with Crippen LogP contribution in [0.4, 0.5) is 0 Å². The molecular weight excluding hydrogens is 332 g/mol. The molecule has 0 bridgehead atoms. The number of methoxy groups -OCH3 is 1.